The lowest BCUT2D eigenvalue weighted by atomic mass is 10.2. The summed E-state index contributed by atoms with van der Waals surface area (Å²) >= 11 is 0.833. The molecule has 0 atom stereocenters. The Balaban J connectivity index is 1.57. The first-order chi connectivity index (χ1) is 13.5. The number of imide groups is 1. The van der Waals surface area contributed by atoms with E-state index in [0.29, 0.717) is 37.7 Å². The van der Waals surface area contributed by atoms with Crippen LogP contribution in [0.5, 0.6) is 0 Å². The Hall–Kier alpha value is -2.81. The van der Waals surface area contributed by atoms with E-state index in [-0.39, 0.29) is 12.5 Å². The number of benzene rings is 1. The molecule has 2 saturated heterocycles. The van der Waals surface area contributed by atoms with Crippen LogP contribution in [-0.4, -0.2) is 77.2 Å². The third-order valence-electron chi connectivity index (χ3n) is 4.42. The Morgan fingerprint density at radius 2 is 1.71 bits per heavy atom. The van der Waals surface area contributed by atoms with Crippen molar-refractivity contribution in [2.75, 3.05) is 39.3 Å². The molecule has 28 heavy (non-hydrogen) atoms. The van der Waals surface area contributed by atoms with E-state index in [1.165, 1.54) is 4.90 Å². The minimum atomic E-state index is -0.461. The average molecular weight is 403 g/mol. The minimum absolute atomic E-state index is 0.295. The number of ether oxygens (including phenoxy) is 1. The van der Waals surface area contributed by atoms with Gasteiger partial charge in [-0.15, -0.1) is 0 Å². The number of carbonyl (C=O) groups excluding carboxylic acids is 4. The fourth-order valence-electron chi connectivity index (χ4n) is 2.93. The van der Waals surface area contributed by atoms with E-state index in [4.69, 9.17) is 4.74 Å². The van der Waals surface area contributed by atoms with Crippen molar-refractivity contribution >= 4 is 41.0 Å². The molecule has 1 aromatic rings. The molecule has 2 aliphatic rings. The third kappa shape index (κ3) is 4.53. The molecular weight excluding hydrogens is 382 g/mol. The fourth-order valence-corrected chi connectivity index (χ4v) is 3.76. The maximum absolute atomic E-state index is 12.5. The number of carbonyl (C=O) groups is 4. The molecule has 0 saturated carbocycles. The Morgan fingerprint density at radius 1 is 1.07 bits per heavy atom. The molecule has 2 heterocycles. The maximum atomic E-state index is 12.5. The zero-order chi connectivity index (χ0) is 20.1. The SMILES string of the molecule is CCOC(=O)N1CCN(C(=O)CN2C(=O)S/C(=C/c3ccccc3)C2=O)CC1. The molecule has 2 aliphatic heterocycles. The van der Waals surface area contributed by atoms with E-state index in [1.54, 1.807) is 17.9 Å². The molecule has 2 fully saturated rings. The predicted octanol–water partition coefficient (Wildman–Crippen LogP) is 2.02. The third-order valence-corrected chi connectivity index (χ3v) is 5.33. The summed E-state index contributed by atoms with van der Waals surface area (Å²) in [6.07, 6.45) is 1.25. The largest absolute Gasteiger partial charge is 0.450 e. The van der Waals surface area contributed by atoms with Crippen LogP contribution < -0.4 is 0 Å². The summed E-state index contributed by atoms with van der Waals surface area (Å²) in [5.74, 6) is -0.774. The first-order valence-electron chi connectivity index (χ1n) is 8.99. The van der Waals surface area contributed by atoms with Crippen molar-refractivity contribution < 1.29 is 23.9 Å². The lowest BCUT2D eigenvalue weighted by molar-refractivity contribution is -0.137. The molecule has 0 aliphatic carbocycles. The molecular formula is C19H21N3O5S. The van der Waals surface area contributed by atoms with Gasteiger partial charge in [-0.2, -0.15) is 0 Å². The lowest BCUT2D eigenvalue weighted by Crippen LogP contribution is -2.53. The summed E-state index contributed by atoms with van der Waals surface area (Å²) in [6.45, 7) is 3.15. The summed E-state index contributed by atoms with van der Waals surface area (Å²) in [5.41, 5.74) is 0.814. The Labute approximate surface area is 167 Å². The van der Waals surface area contributed by atoms with Crippen molar-refractivity contribution in [1.29, 1.82) is 0 Å². The van der Waals surface area contributed by atoms with Gasteiger partial charge in [-0.1, -0.05) is 30.3 Å². The van der Waals surface area contributed by atoms with E-state index in [1.807, 2.05) is 30.3 Å². The Morgan fingerprint density at radius 3 is 2.36 bits per heavy atom. The first kappa shape index (κ1) is 19.9. The highest BCUT2D eigenvalue weighted by atomic mass is 32.2. The highest BCUT2D eigenvalue weighted by Crippen LogP contribution is 2.32. The topological polar surface area (TPSA) is 87.2 Å². The molecule has 8 nitrogen and oxygen atoms in total. The van der Waals surface area contributed by atoms with Crippen molar-refractivity contribution in [2.45, 2.75) is 6.92 Å². The summed E-state index contributed by atoms with van der Waals surface area (Å²) < 4.78 is 4.95. The van der Waals surface area contributed by atoms with Gasteiger partial charge in [0.15, 0.2) is 0 Å². The van der Waals surface area contributed by atoms with Crippen molar-refractivity contribution in [3.8, 4) is 0 Å². The molecule has 3 rings (SSSR count). The number of nitrogens with zero attached hydrogens (tertiary/aromatic N) is 3. The fraction of sp³-hybridized carbons (Fsp3) is 0.368. The van der Waals surface area contributed by atoms with Gasteiger partial charge in [-0.25, -0.2) is 4.79 Å². The zero-order valence-corrected chi connectivity index (χ0v) is 16.3. The highest BCUT2D eigenvalue weighted by molar-refractivity contribution is 8.18. The molecule has 0 aromatic heterocycles. The standard InChI is InChI=1S/C19H21N3O5S/c1-2-27-18(25)21-10-8-20(9-11-21)16(23)13-22-17(24)15(28-19(22)26)12-14-6-4-3-5-7-14/h3-7,12H,2,8-11,13H2,1H3/b15-12+. The van der Waals surface area contributed by atoms with Crippen LogP contribution in [0.25, 0.3) is 6.08 Å². The van der Waals surface area contributed by atoms with Crippen LogP contribution >= 0.6 is 11.8 Å². The number of hydrogen-bond acceptors (Lipinski definition) is 6. The number of rotatable bonds is 4. The molecule has 0 spiro atoms. The predicted molar refractivity (Wildman–Crippen MR) is 104 cm³/mol. The van der Waals surface area contributed by atoms with Gasteiger partial charge >= 0.3 is 6.09 Å². The van der Waals surface area contributed by atoms with Crippen LogP contribution in [0, 0.1) is 0 Å². The van der Waals surface area contributed by atoms with Crippen molar-refractivity contribution in [2.24, 2.45) is 0 Å². The number of hydrogen-bond donors (Lipinski definition) is 0. The van der Waals surface area contributed by atoms with Crippen LogP contribution in [0.1, 0.15) is 12.5 Å². The van der Waals surface area contributed by atoms with Gasteiger partial charge in [0.05, 0.1) is 11.5 Å². The Kier molecular flexibility index (Phi) is 6.35. The van der Waals surface area contributed by atoms with E-state index in [2.05, 4.69) is 0 Å². The molecule has 9 heteroatoms. The van der Waals surface area contributed by atoms with E-state index in [0.717, 1.165) is 22.2 Å². The second-order valence-electron chi connectivity index (χ2n) is 6.25. The van der Waals surface area contributed by atoms with Gasteiger partial charge in [-0.05, 0) is 30.3 Å². The Bertz CT molecular complexity index is 803. The van der Waals surface area contributed by atoms with Crippen LogP contribution in [-0.2, 0) is 14.3 Å². The van der Waals surface area contributed by atoms with Gasteiger partial charge in [0, 0.05) is 26.2 Å². The number of thioether (sulfide) groups is 1. The van der Waals surface area contributed by atoms with Crippen LogP contribution in [0.15, 0.2) is 35.2 Å². The summed E-state index contributed by atoms with van der Waals surface area (Å²) in [6, 6.07) is 9.22. The van der Waals surface area contributed by atoms with Crippen LogP contribution in [0.4, 0.5) is 9.59 Å². The molecule has 148 valence electrons. The van der Waals surface area contributed by atoms with Gasteiger partial charge in [0.25, 0.3) is 11.1 Å². The van der Waals surface area contributed by atoms with E-state index < -0.39 is 17.2 Å². The van der Waals surface area contributed by atoms with Crippen molar-refractivity contribution in [3.63, 3.8) is 0 Å². The zero-order valence-electron chi connectivity index (χ0n) is 15.5. The van der Waals surface area contributed by atoms with Crippen molar-refractivity contribution in [1.82, 2.24) is 14.7 Å². The lowest BCUT2D eigenvalue weighted by Gasteiger charge is -2.34. The second-order valence-corrected chi connectivity index (χ2v) is 7.24. The minimum Gasteiger partial charge on any atom is -0.450 e. The molecule has 4 amide bonds. The molecule has 0 radical (unpaired) electrons. The average Bonchev–Trinajstić information content (AvgIpc) is 2.96. The second kappa shape index (κ2) is 8.92. The molecule has 0 unspecified atom stereocenters. The monoisotopic (exact) mass is 403 g/mol. The van der Waals surface area contributed by atoms with Crippen molar-refractivity contribution in [3.05, 3.63) is 40.8 Å². The number of amides is 4. The quantitative estimate of drug-likeness (QED) is 0.715. The smallest absolute Gasteiger partial charge is 0.409 e. The van der Waals surface area contributed by atoms with Gasteiger partial charge in [0.2, 0.25) is 5.91 Å². The highest BCUT2D eigenvalue weighted by Gasteiger charge is 2.37. The summed E-state index contributed by atoms with van der Waals surface area (Å²) in [4.78, 5) is 53.3. The van der Waals surface area contributed by atoms with Crippen LogP contribution in [0.2, 0.25) is 0 Å². The molecule has 0 bridgehead atoms. The molecule has 0 N–H and O–H groups in total. The normalized spacial score (nSPS) is 18.8. The maximum Gasteiger partial charge on any atom is 0.409 e. The van der Waals surface area contributed by atoms with Gasteiger partial charge in [-0.3, -0.25) is 19.3 Å². The van der Waals surface area contributed by atoms with E-state index >= 15 is 0 Å². The summed E-state index contributed by atoms with van der Waals surface area (Å²) in [7, 11) is 0. The number of piperazine rings is 1. The van der Waals surface area contributed by atoms with E-state index in [9.17, 15) is 19.2 Å². The summed E-state index contributed by atoms with van der Waals surface area (Å²) in [5, 5.41) is -0.453. The first-order valence-corrected chi connectivity index (χ1v) is 9.81. The molecule has 1 aromatic carbocycles. The van der Waals surface area contributed by atoms with Gasteiger partial charge in [0.1, 0.15) is 6.54 Å². The van der Waals surface area contributed by atoms with Crippen LogP contribution in [0.3, 0.4) is 0 Å². The van der Waals surface area contributed by atoms with Gasteiger partial charge < -0.3 is 14.5 Å².